The van der Waals surface area contributed by atoms with E-state index in [4.69, 9.17) is 9.47 Å². The van der Waals surface area contributed by atoms with Crippen LogP contribution in [0.5, 0.6) is 0 Å². The molecular weight excluding hydrogens is 446 g/mol. The van der Waals surface area contributed by atoms with Gasteiger partial charge in [0, 0.05) is 19.2 Å². The molecule has 0 fully saturated rings. The molecule has 1 aromatic heterocycles. The summed E-state index contributed by atoms with van der Waals surface area (Å²) in [7, 11) is -1.12. The molecule has 0 aliphatic heterocycles. The molecule has 3 aromatic rings. The second-order valence-corrected chi connectivity index (χ2v) is 14.7. The number of rotatable bonds is 10. The average molecular weight is 474 g/mol. The van der Waals surface area contributed by atoms with Crippen LogP contribution in [0.1, 0.15) is 23.1 Å². The van der Waals surface area contributed by atoms with Crippen LogP contribution < -0.4 is 0 Å². The first-order valence-corrected chi connectivity index (χ1v) is 14.3. The van der Waals surface area contributed by atoms with Crippen LogP contribution >= 0.6 is 15.9 Å². The van der Waals surface area contributed by atoms with E-state index in [1.807, 2.05) is 30.3 Å². The van der Waals surface area contributed by atoms with Crippen LogP contribution in [0.25, 0.3) is 0 Å². The number of benzene rings is 2. The van der Waals surface area contributed by atoms with Gasteiger partial charge in [-0.25, -0.2) is 9.67 Å². The third-order valence-electron chi connectivity index (χ3n) is 4.52. The number of hydrogen-bond donors (Lipinski definition) is 0. The Labute approximate surface area is 182 Å². The van der Waals surface area contributed by atoms with Gasteiger partial charge in [0.25, 0.3) is 0 Å². The number of ether oxygens (including phenoxy) is 2. The molecule has 0 spiro atoms. The first-order valence-electron chi connectivity index (χ1n) is 9.79. The van der Waals surface area contributed by atoms with Crippen LogP contribution in [-0.2, 0) is 22.8 Å². The Morgan fingerprint density at radius 3 is 2.45 bits per heavy atom. The number of nitrogens with zero attached hydrogens (tertiary/aromatic N) is 3. The summed E-state index contributed by atoms with van der Waals surface area (Å²) in [6.07, 6.45) is 1.25. The standard InChI is InChI=1S/C22H28BrN3O2Si/c1-29(2,3)14-13-27-17-26-22(24-16-25-26)21(19-7-5-4-6-8-19)28-15-18-9-11-20(23)12-10-18/h4-12,16,21H,13-15,17H2,1-3H3. The van der Waals surface area contributed by atoms with Gasteiger partial charge in [0.2, 0.25) is 0 Å². The van der Waals surface area contributed by atoms with E-state index in [9.17, 15) is 0 Å². The molecule has 0 saturated carbocycles. The van der Waals surface area contributed by atoms with Gasteiger partial charge in [0.15, 0.2) is 5.82 Å². The van der Waals surface area contributed by atoms with Crippen LogP contribution in [0.2, 0.25) is 25.7 Å². The fourth-order valence-electron chi connectivity index (χ4n) is 2.81. The van der Waals surface area contributed by atoms with Gasteiger partial charge in [-0.05, 0) is 29.3 Å². The highest BCUT2D eigenvalue weighted by molar-refractivity contribution is 9.10. The van der Waals surface area contributed by atoms with Crippen molar-refractivity contribution in [1.82, 2.24) is 14.8 Å². The maximum absolute atomic E-state index is 6.31. The minimum Gasteiger partial charge on any atom is -0.361 e. The molecule has 0 aliphatic carbocycles. The van der Waals surface area contributed by atoms with Gasteiger partial charge >= 0.3 is 0 Å². The Morgan fingerprint density at radius 2 is 1.76 bits per heavy atom. The zero-order valence-electron chi connectivity index (χ0n) is 17.2. The summed E-state index contributed by atoms with van der Waals surface area (Å²) in [4.78, 5) is 4.49. The Hall–Kier alpha value is -1.80. The van der Waals surface area contributed by atoms with E-state index in [1.165, 1.54) is 0 Å². The normalized spacial score (nSPS) is 12.8. The van der Waals surface area contributed by atoms with Crippen LogP contribution in [0, 0.1) is 0 Å². The van der Waals surface area contributed by atoms with Gasteiger partial charge in [-0.3, -0.25) is 0 Å². The van der Waals surface area contributed by atoms with Crippen LogP contribution in [0.4, 0.5) is 0 Å². The van der Waals surface area contributed by atoms with E-state index < -0.39 is 8.07 Å². The zero-order chi connectivity index (χ0) is 20.7. The summed E-state index contributed by atoms with van der Waals surface area (Å²) in [5.74, 6) is 0.751. The molecule has 0 bridgehead atoms. The van der Waals surface area contributed by atoms with Crippen LogP contribution in [0.15, 0.2) is 65.4 Å². The third kappa shape index (κ3) is 6.89. The molecule has 1 atom stereocenters. The van der Waals surface area contributed by atoms with Crippen LogP contribution in [0.3, 0.4) is 0 Å². The highest BCUT2D eigenvalue weighted by atomic mass is 79.9. The predicted octanol–water partition coefficient (Wildman–Crippen LogP) is 5.66. The van der Waals surface area contributed by atoms with Crippen molar-refractivity contribution in [2.24, 2.45) is 0 Å². The molecule has 0 N–H and O–H groups in total. The van der Waals surface area contributed by atoms with Crippen molar-refractivity contribution in [3.8, 4) is 0 Å². The molecule has 0 aliphatic rings. The van der Waals surface area contributed by atoms with E-state index in [2.05, 4.69) is 69.9 Å². The minimum atomic E-state index is -1.12. The van der Waals surface area contributed by atoms with E-state index >= 15 is 0 Å². The van der Waals surface area contributed by atoms with E-state index in [0.717, 1.165) is 34.1 Å². The third-order valence-corrected chi connectivity index (χ3v) is 6.75. The summed E-state index contributed by atoms with van der Waals surface area (Å²) < 4.78 is 15.1. The molecule has 154 valence electrons. The molecule has 0 radical (unpaired) electrons. The van der Waals surface area contributed by atoms with Gasteiger partial charge in [-0.15, -0.1) is 0 Å². The molecule has 0 saturated heterocycles. The number of halogens is 1. The Balaban J connectivity index is 1.73. The van der Waals surface area contributed by atoms with Gasteiger partial charge in [0.05, 0.1) is 6.61 Å². The van der Waals surface area contributed by atoms with Crippen molar-refractivity contribution >= 4 is 24.0 Å². The summed E-state index contributed by atoms with van der Waals surface area (Å²) in [5, 5.41) is 4.37. The lowest BCUT2D eigenvalue weighted by Gasteiger charge is -2.19. The molecule has 1 heterocycles. The summed E-state index contributed by atoms with van der Waals surface area (Å²) >= 11 is 3.47. The van der Waals surface area contributed by atoms with Crippen molar-refractivity contribution in [2.45, 2.75) is 45.1 Å². The quantitative estimate of drug-likeness (QED) is 0.281. The molecule has 2 aromatic carbocycles. The average Bonchev–Trinajstić information content (AvgIpc) is 3.15. The van der Waals surface area contributed by atoms with Crippen LogP contribution in [-0.4, -0.2) is 29.4 Å². The smallest absolute Gasteiger partial charge is 0.163 e. The van der Waals surface area contributed by atoms with Crippen molar-refractivity contribution in [1.29, 1.82) is 0 Å². The predicted molar refractivity (Wildman–Crippen MR) is 121 cm³/mol. The van der Waals surface area contributed by atoms with Crippen molar-refractivity contribution < 1.29 is 9.47 Å². The van der Waals surface area contributed by atoms with Crippen molar-refractivity contribution in [2.75, 3.05) is 6.61 Å². The minimum absolute atomic E-state index is 0.317. The second-order valence-electron chi connectivity index (χ2n) is 8.19. The number of aromatic nitrogens is 3. The summed E-state index contributed by atoms with van der Waals surface area (Å²) in [6, 6.07) is 19.4. The summed E-state index contributed by atoms with van der Waals surface area (Å²) in [5.41, 5.74) is 2.15. The molecule has 5 nitrogen and oxygen atoms in total. The lowest BCUT2D eigenvalue weighted by Crippen LogP contribution is -2.22. The molecule has 3 rings (SSSR count). The first kappa shape index (κ1) is 21.9. The zero-order valence-corrected chi connectivity index (χ0v) is 19.8. The van der Waals surface area contributed by atoms with Gasteiger partial charge in [0.1, 0.15) is 19.2 Å². The fourth-order valence-corrected chi connectivity index (χ4v) is 3.83. The summed E-state index contributed by atoms with van der Waals surface area (Å²) in [6.45, 7) is 8.64. The van der Waals surface area contributed by atoms with Gasteiger partial charge < -0.3 is 9.47 Å². The Kier molecular flexibility index (Phi) is 7.77. The van der Waals surface area contributed by atoms with Gasteiger partial charge in [-0.2, -0.15) is 5.10 Å². The Bertz CT molecular complexity index is 879. The number of hydrogen-bond acceptors (Lipinski definition) is 4. The largest absolute Gasteiger partial charge is 0.361 e. The van der Waals surface area contributed by atoms with Gasteiger partial charge in [-0.1, -0.05) is 78.0 Å². The van der Waals surface area contributed by atoms with Crippen molar-refractivity contribution in [3.05, 3.63) is 82.3 Å². The second kappa shape index (κ2) is 10.3. The van der Waals surface area contributed by atoms with Crippen molar-refractivity contribution in [3.63, 3.8) is 0 Å². The maximum Gasteiger partial charge on any atom is 0.163 e. The fraction of sp³-hybridized carbons (Fsp3) is 0.364. The van der Waals surface area contributed by atoms with E-state index in [1.54, 1.807) is 11.0 Å². The van der Waals surface area contributed by atoms with E-state index in [-0.39, 0.29) is 6.10 Å². The first-order chi connectivity index (χ1) is 13.9. The highest BCUT2D eigenvalue weighted by Crippen LogP contribution is 2.26. The highest BCUT2D eigenvalue weighted by Gasteiger charge is 2.21. The molecule has 0 amide bonds. The monoisotopic (exact) mass is 473 g/mol. The molecule has 29 heavy (non-hydrogen) atoms. The van der Waals surface area contributed by atoms with E-state index in [0.29, 0.717) is 13.3 Å². The maximum atomic E-state index is 6.31. The molecule has 1 unspecified atom stereocenters. The molecular formula is C22H28BrN3O2Si. The Morgan fingerprint density at radius 1 is 1.03 bits per heavy atom. The molecule has 7 heteroatoms. The lowest BCUT2D eigenvalue weighted by molar-refractivity contribution is 0.0391. The SMILES string of the molecule is C[Si](C)(C)CCOCn1ncnc1C(OCc1ccc(Br)cc1)c1ccccc1. The lowest BCUT2D eigenvalue weighted by atomic mass is 10.1. The topological polar surface area (TPSA) is 49.2 Å².